The van der Waals surface area contributed by atoms with Gasteiger partial charge in [-0.25, -0.2) is 0 Å². The lowest BCUT2D eigenvalue weighted by molar-refractivity contribution is 0.712. The molecule has 10 heavy (non-hydrogen) atoms. The van der Waals surface area contributed by atoms with Crippen LogP contribution in [-0.2, 0) is 0 Å². The summed E-state index contributed by atoms with van der Waals surface area (Å²) in [6.07, 6.45) is 3.79. The molecule has 0 N–H and O–H groups in total. The zero-order chi connectivity index (χ0) is 7.82. The number of hydrogen-bond acceptors (Lipinski definition) is 1. The average Bonchev–Trinajstić information content (AvgIpc) is 1.87. The van der Waals surface area contributed by atoms with Crippen molar-refractivity contribution in [2.24, 2.45) is 0 Å². The molecule has 0 spiro atoms. The number of rotatable bonds is 6. The minimum Gasteiger partial charge on any atom is -0.162 e. The van der Waals surface area contributed by atoms with Crippen LogP contribution < -0.4 is 0 Å². The third-order valence-corrected chi connectivity index (χ3v) is 2.55. The molecule has 0 fully saturated rings. The van der Waals surface area contributed by atoms with Gasteiger partial charge in [-0.05, 0) is 31.3 Å². The highest BCUT2D eigenvalue weighted by atomic mass is 35.5. The Morgan fingerprint density at radius 3 is 2.60 bits per heavy atom. The zero-order valence-electron chi connectivity index (χ0n) is 6.90. The van der Waals surface area contributed by atoms with Crippen LogP contribution in [0.4, 0.5) is 0 Å². The number of unbranched alkanes of at least 4 members (excludes halogenated alkanes) is 1. The van der Waals surface area contributed by atoms with E-state index in [1.54, 1.807) is 0 Å². The van der Waals surface area contributed by atoms with Gasteiger partial charge in [-0.1, -0.05) is 13.3 Å². The standard InChI is InChI=1S/C8H17ClS/c1-3-10-7-5-4-6-8(2)9/h8H,3-7H2,1-2H3. The smallest absolute Gasteiger partial charge is 0.0307 e. The van der Waals surface area contributed by atoms with Gasteiger partial charge in [0.05, 0.1) is 0 Å². The summed E-state index contributed by atoms with van der Waals surface area (Å²) >= 11 is 7.80. The fourth-order valence-corrected chi connectivity index (χ4v) is 1.63. The lowest BCUT2D eigenvalue weighted by atomic mass is 10.2. The van der Waals surface area contributed by atoms with E-state index in [1.807, 2.05) is 11.8 Å². The van der Waals surface area contributed by atoms with E-state index in [-0.39, 0.29) is 0 Å². The molecule has 1 atom stereocenters. The van der Waals surface area contributed by atoms with Crippen molar-refractivity contribution in [1.29, 1.82) is 0 Å². The molecule has 0 amide bonds. The van der Waals surface area contributed by atoms with Crippen molar-refractivity contribution in [3.63, 3.8) is 0 Å². The lowest BCUT2D eigenvalue weighted by Gasteiger charge is -2.01. The van der Waals surface area contributed by atoms with Gasteiger partial charge in [-0.2, -0.15) is 11.8 Å². The summed E-state index contributed by atoms with van der Waals surface area (Å²) in [4.78, 5) is 0. The molecule has 62 valence electrons. The molecule has 0 aromatic carbocycles. The van der Waals surface area contributed by atoms with Crippen LogP contribution in [0.2, 0.25) is 0 Å². The van der Waals surface area contributed by atoms with Gasteiger partial charge in [0, 0.05) is 5.38 Å². The Labute approximate surface area is 73.7 Å². The van der Waals surface area contributed by atoms with Crippen LogP contribution in [0, 0.1) is 0 Å². The van der Waals surface area contributed by atoms with Crippen LogP contribution in [0.3, 0.4) is 0 Å². The highest BCUT2D eigenvalue weighted by Gasteiger charge is 1.94. The van der Waals surface area contributed by atoms with Gasteiger partial charge >= 0.3 is 0 Å². The molecule has 2 heteroatoms. The Balaban J connectivity index is 2.77. The van der Waals surface area contributed by atoms with Crippen molar-refractivity contribution in [3.8, 4) is 0 Å². The summed E-state index contributed by atoms with van der Waals surface area (Å²) in [6, 6.07) is 0. The first-order chi connectivity index (χ1) is 4.77. The summed E-state index contributed by atoms with van der Waals surface area (Å²) in [6.45, 7) is 4.27. The van der Waals surface area contributed by atoms with Gasteiger partial charge in [0.1, 0.15) is 0 Å². The van der Waals surface area contributed by atoms with E-state index in [1.165, 1.54) is 30.8 Å². The maximum absolute atomic E-state index is 5.78. The SMILES string of the molecule is CCSCCCCC(C)Cl. The Hall–Kier alpha value is 0.640. The van der Waals surface area contributed by atoms with E-state index in [0.717, 1.165) is 0 Å². The maximum atomic E-state index is 5.78. The molecule has 0 saturated heterocycles. The molecule has 0 aliphatic carbocycles. The first kappa shape index (κ1) is 10.6. The van der Waals surface area contributed by atoms with Crippen LogP contribution in [0.25, 0.3) is 0 Å². The molecule has 0 bridgehead atoms. The van der Waals surface area contributed by atoms with Crippen molar-refractivity contribution in [2.45, 2.75) is 38.5 Å². The third kappa shape index (κ3) is 8.64. The topological polar surface area (TPSA) is 0 Å². The largest absolute Gasteiger partial charge is 0.162 e. The molecular formula is C8H17ClS. The van der Waals surface area contributed by atoms with Gasteiger partial charge < -0.3 is 0 Å². The first-order valence-electron chi connectivity index (χ1n) is 3.99. The van der Waals surface area contributed by atoms with Gasteiger partial charge in [-0.3, -0.25) is 0 Å². The van der Waals surface area contributed by atoms with Crippen LogP contribution in [-0.4, -0.2) is 16.9 Å². The van der Waals surface area contributed by atoms with E-state index in [2.05, 4.69) is 13.8 Å². The normalized spacial score (nSPS) is 13.5. The monoisotopic (exact) mass is 180 g/mol. The van der Waals surface area contributed by atoms with Crippen molar-refractivity contribution in [3.05, 3.63) is 0 Å². The maximum Gasteiger partial charge on any atom is 0.0307 e. The van der Waals surface area contributed by atoms with Crippen LogP contribution in [0.15, 0.2) is 0 Å². The molecule has 1 unspecified atom stereocenters. The van der Waals surface area contributed by atoms with Gasteiger partial charge in [0.15, 0.2) is 0 Å². The Morgan fingerprint density at radius 1 is 1.40 bits per heavy atom. The van der Waals surface area contributed by atoms with E-state index < -0.39 is 0 Å². The van der Waals surface area contributed by atoms with Crippen LogP contribution >= 0.6 is 23.4 Å². The number of alkyl halides is 1. The second-order valence-corrected chi connectivity index (χ2v) is 4.61. The third-order valence-electron chi connectivity index (χ3n) is 1.34. The highest BCUT2D eigenvalue weighted by molar-refractivity contribution is 7.99. The molecule has 0 aromatic heterocycles. The molecule has 0 rings (SSSR count). The number of hydrogen-bond donors (Lipinski definition) is 0. The van der Waals surface area contributed by atoms with Crippen molar-refractivity contribution >= 4 is 23.4 Å². The minimum atomic E-state index is 0.367. The summed E-state index contributed by atoms with van der Waals surface area (Å²) in [5.74, 6) is 2.55. The van der Waals surface area contributed by atoms with E-state index in [4.69, 9.17) is 11.6 Å². The highest BCUT2D eigenvalue weighted by Crippen LogP contribution is 2.09. The predicted molar refractivity (Wildman–Crippen MR) is 52.2 cm³/mol. The molecule has 0 aliphatic heterocycles. The van der Waals surface area contributed by atoms with Gasteiger partial charge in [0.2, 0.25) is 0 Å². The van der Waals surface area contributed by atoms with Crippen molar-refractivity contribution in [2.75, 3.05) is 11.5 Å². The van der Waals surface area contributed by atoms with Crippen LogP contribution in [0.5, 0.6) is 0 Å². The molecule has 0 nitrogen and oxygen atoms in total. The van der Waals surface area contributed by atoms with Crippen molar-refractivity contribution in [1.82, 2.24) is 0 Å². The Morgan fingerprint density at radius 2 is 2.10 bits per heavy atom. The van der Waals surface area contributed by atoms with E-state index >= 15 is 0 Å². The molecule has 0 aromatic rings. The second-order valence-electron chi connectivity index (χ2n) is 2.47. The lowest BCUT2D eigenvalue weighted by Crippen LogP contribution is -1.90. The summed E-state index contributed by atoms with van der Waals surface area (Å²) in [5.41, 5.74) is 0. The van der Waals surface area contributed by atoms with Crippen molar-refractivity contribution < 1.29 is 0 Å². The molecule has 0 radical (unpaired) electrons. The Bertz CT molecular complexity index is 64.3. The minimum absolute atomic E-state index is 0.367. The molecule has 0 saturated carbocycles. The second kappa shape index (κ2) is 7.74. The van der Waals surface area contributed by atoms with Gasteiger partial charge in [0.25, 0.3) is 0 Å². The quantitative estimate of drug-likeness (QED) is 0.445. The average molecular weight is 181 g/mol. The zero-order valence-corrected chi connectivity index (χ0v) is 8.47. The number of halogens is 1. The molecule has 0 heterocycles. The fraction of sp³-hybridized carbons (Fsp3) is 1.00. The molecular weight excluding hydrogens is 164 g/mol. The van der Waals surface area contributed by atoms with E-state index in [9.17, 15) is 0 Å². The predicted octanol–water partition coefficient (Wildman–Crippen LogP) is 3.54. The van der Waals surface area contributed by atoms with Crippen LogP contribution in [0.1, 0.15) is 33.1 Å². The Kier molecular flexibility index (Phi) is 8.24. The molecule has 0 aliphatic rings. The summed E-state index contributed by atoms with van der Waals surface area (Å²) in [7, 11) is 0. The first-order valence-corrected chi connectivity index (χ1v) is 5.58. The summed E-state index contributed by atoms with van der Waals surface area (Å²) in [5, 5.41) is 0.367. The summed E-state index contributed by atoms with van der Waals surface area (Å²) < 4.78 is 0. The van der Waals surface area contributed by atoms with Gasteiger partial charge in [-0.15, -0.1) is 11.6 Å². The van der Waals surface area contributed by atoms with E-state index in [0.29, 0.717) is 5.38 Å². The number of thioether (sulfide) groups is 1. The fourth-order valence-electron chi connectivity index (χ4n) is 0.774.